The minimum Gasteiger partial charge on any atom is 1.00 e. The van der Waals surface area contributed by atoms with Gasteiger partial charge in [0.05, 0.1) is 0 Å². The summed E-state index contributed by atoms with van der Waals surface area (Å²) in [6.45, 7) is 0. The third kappa shape index (κ3) is 6.87. The maximum absolute atomic E-state index is 8.58. The van der Waals surface area contributed by atoms with Crippen LogP contribution in [0.1, 0.15) is 0 Å². The molecule has 32 heavy (non-hydrogen) atoms. The Bertz CT molecular complexity index is 904. The van der Waals surface area contributed by atoms with Gasteiger partial charge in [-0.25, -0.2) is 0 Å². The summed E-state index contributed by atoms with van der Waals surface area (Å²) >= 11 is 0. The van der Waals surface area contributed by atoms with Crippen molar-refractivity contribution >= 4 is 0 Å². The van der Waals surface area contributed by atoms with E-state index in [1.807, 2.05) is 0 Å². The molecule has 0 atom stereocenters. The average molecular weight is 514 g/mol. The fourth-order valence-corrected chi connectivity index (χ4v) is 2.19. The number of nitrogens with zero attached hydrogens (tertiary/aromatic N) is 12. The Kier molecular flexibility index (Phi) is 25.9. The SMILES string of the molecule is N#[C][Fe-3]([C]#N)([C]#N)([C]#N)([C]#N)[C]#N.N#[C][Fe-3]([C]#N)([C]#N)([C]#N)([C]#N)[C]#N.[Li+].[Li+].[Li+].[Na+].[Na+].[Na+]. The van der Waals surface area contributed by atoms with Crippen LogP contribution in [0.15, 0.2) is 0 Å². The molecule has 0 saturated carbocycles. The van der Waals surface area contributed by atoms with E-state index in [0.29, 0.717) is 0 Å². The van der Waals surface area contributed by atoms with E-state index >= 15 is 0 Å². The zero-order chi connectivity index (χ0) is 21.3. The van der Waals surface area contributed by atoms with E-state index in [4.69, 9.17) is 63.1 Å². The number of hydrogen-bond acceptors (Lipinski definition) is 12. The summed E-state index contributed by atoms with van der Waals surface area (Å²) in [4.78, 5) is 12.4. The summed E-state index contributed by atoms with van der Waals surface area (Å²) in [5.41, 5.74) is 0. The van der Waals surface area contributed by atoms with Crippen LogP contribution in [0, 0.1) is 123 Å². The Balaban J connectivity index is -0.0000000505. The van der Waals surface area contributed by atoms with Gasteiger partial charge in [-0.05, 0) is 0 Å². The van der Waals surface area contributed by atoms with Crippen LogP contribution in [0.4, 0.5) is 0 Å². The van der Waals surface area contributed by atoms with Gasteiger partial charge in [0, 0.05) is 0 Å². The van der Waals surface area contributed by atoms with E-state index in [-0.39, 0.29) is 145 Å². The molecule has 0 unspecified atom stereocenters. The second-order valence-electron chi connectivity index (χ2n) is 3.60. The largest absolute Gasteiger partial charge is 1.00 e. The van der Waals surface area contributed by atoms with Gasteiger partial charge in [-0.2, -0.15) is 0 Å². The standard InChI is InChI=1S/12CN.2Fe.3Li.3Na/c12*1-2;;;;;;;;/q;;;;;;;;;;;;2*-3;6*+1. The van der Waals surface area contributed by atoms with Crippen molar-refractivity contribution in [2.75, 3.05) is 0 Å². The van der Waals surface area contributed by atoms with E-state index in [0.717, 1.165) is 59.6 Å². The zero-order valence-electron chi connectivity index (χ0n) is 18.1. The van der Waals surface area contributed by atoms with Gasteiger partial charge in [-0.15, -0.1) is 0 Å². The molecule has 0 bridgehead atoms. The van der Waals surface area contributed by atoms with Gasteiger partial charge in [0.15, 0.2) is 0 Å². The third-order valence-corrected chi connectivity index (χ3v) is 9.78. The van der Waals surface area contributed by atoms with Crippen LogP contribution in [0.2, 0.25) is 0 Å². The van der Waals surface area contributed by atoms with E-state index in [2.05, 4.69) is 0 Å². The molecule has 0 spiro atoms. The van der Waals surface area contributed by atoms with Crippen molar-refractivity contribution < 1.29 is 167 Å². The molecule has 0 N–H and O–H groups in total. The predicted octanol–water partition coefficient (Wildman–Crippen LogP) is -17.8. The van der Waals surface area contributed by atoms with Gasteiger partial charge >= 0.3 is 289 Å². The Morgan fingerprint density at radius 2 is 0.312 bits per heavy atom. The van der Waals surface area contributed by atoms with E-state index in [9.17, 15) is 0 Å². The van der Waals surface area contributed by atoms with Gasteiger partial charge in [-0.1, -0.05) is 0 Å². The molecule has 0 amide bonds. The maximum atomic E-state index is 8.58. The Labute approximate surface area is 284 Å². The van der Waals surface area contributed by atoms with Crippen LogP contribution in [-0.4, -0.2) is 0 Å². The topological polar surface area (TPSA) is 285 Å². The molecular formula is C12Fe2Li3N12Na3. The summed E-state index contributed by atoms with van der Waals surface area (Å²) in [5.74, 6) is 0. The van der Waals surface area contributed by atoms with Crippen LogP contribution in [0.5, 0.6) is 0 Å². The Morgan fingerprint density at radius 1 is 0.250 bits per heavy atom. The number of rotatable bonds is 0. The number of hydrogen-bond donors (Lipinski definition) is 0. The fraction of sp³-hybridized carbons (Fsp3) is 0. The van der Waals surface area contributed by atoms with Crippen molar-refractivity contribution in [1.29, 1.82) is 63.1 Å². The smallest absolute Gasteiger partial charge is 1.00 e. The van der Waals surface area contributed by atoms with Crippen LogP contribution in [0.3, 0.4) is 0 Å². The fourth-order valence-electron chi connectivity index (χ4n) is 0.530. The Morgan fingerprint density at radius 3 is 0.312 bits per heavy atom. The van der Waals surface area contributed by atoms with E-state index in [1.54, 1.807) is 0 Å². The molecule has 0 rings (SSSR count). The molecule has 0 aliphatic carbocycles. The Hall–Kier alpha value is -0.289. The van der Waals surface area contributed by atoms with Crippen LogP contribution in [0.25, 0.3) is 0 Å². The van der Waals surface area contributed by atoms with E-state index in [1.165, 1.54) is 0 Å². The van der Waals surface area contributed by atoms with Crippen molar-refractivity contribution in [1.82, 2.24) is 0 Å². The molecule has 0 aliphatic rings. The molecule has 0 fully saturated rings. The van der Waals surface area contributed by atoms with Crippen molar-refractivity contribution in [3.05, 3.63) is 0 Å². The van der Waals surface area contributed by atoms with Crippen LogP contribution >= 0.6 is 0 Å². The normalized spacial score (nSPS) is 10.9. The number of nitriles is 12. The third-order valence-electron chi connectivity index (χ3n) is 2.37. The molecule has 12 nitrogen and oxygen atoms in total. The van der Waals surface area contributed by atoms with Crippen molar-refractivity contribution in [3.63, 3.8) is 0 Å². The van der Waals surface area contributed by atoms with E-state index < -0.39 is 21.5 Å². The predicted molar refractivity (Wildman–Crippen MR) is 67.4 cm³/mol. The second-order valence-corrected chi connectivity index (χ2v) is 14.8. The second kappa shape index (κ2) is 15.6. The van der Waals surface area contributed by atoms with Crippen LogP contribution in [-0.2, 0) is 21.5 Å². The molecule has 0 aliphatic heterocycles. The van der Waals surface area contributed by atoms with Crippen LogP contribution < -0.4 is 145 Å². The van der Waals surface area contributed by atoms with Crippen molar-refractivity contribution in [2.24, 2.45) is 0 Å². The quantitative estimate of drug-likeness (QED) is 0.273. The first-order valence-corrected chi connectivity index (χ1v) is 11.4. The molecule has 20 heteroatoms. The monoisotopic (exact) mass is 514 g/mol. The molecule has 0 saturated heterocycles. The minimum absolute atomic E-state index is 0. The zero-order valence-corrected chi connectivity index (χ0v) is 26.3. The van der Waals surface area contributed by atoms with Gasteiger partial charge in [0.25, 0.3) is 0 Å². The summed E-state index contributed by atoms with van der Waals surface area (Å²) in [6.07, 6.45) is 0. The first-order valence-electron chi connectivity index (χ1n) is 4.80. The summed E-state index contributed by atoms with van der Waals surface area (Å²) in [7, 11) is -12.3. The first-order chi connectivity index (χ1) is 11.9. The van der Waals surface area contributed by atoms with Crippen molar-refractivity contribution in [3.8, 4) is 59.6 Å². The van der Waals surface area contributed by atoms with Crippen molar-refractivity contribution in [2.45, 2.75) is 0 Å². The summed E-state index contributed by atoms with van der Waals surface area (Å²) < 4.78 is 0. The van der Waals surface area contributed by atoms with Gasteiger partial charge in [0.2, 0.25) is 0 Å². The molecular weight excluding hydrogens is 514 g/mol. The molecule has 130 valence electrons. The first kappa shape index (κ1) is 53.2. The molecule has 0 aromatic rings. The summed E-state index contributed by atoms with van der Waals surface area (Å²) in [5, 5.41) is 103. The van der Waals surface area contributed by atoms with Gasteiger partial charge in [0.1, 0.15) is 0 Å². The van der Waals surface area contributed by atoms with Gasteiger partial charge < -0.3 is 0 Å². The molecule has 0 aromatic heterocycles. The molecule has 0 aromatic carbocycles. The molecule has 0 heterocycles. The minimum atomic E-state index is -6.17. The molecule has 0 radical (unpaired) electrons. The maximum Gasteiger partial charge on any atom is 1.00 e. The average Bonchev–Trinajstić information content (AvgIpc) is 2.77. The van der Waals surface area contributed by atoms with Gasteiger partial charge in [-0.3, -0.25) is 0 Å². The summed E-state index contributed by atoms with van der Waals surface area (Å²) in [6, 6.07) is 0.